The van der Waals surface area contributed by atoms with Crippen molar-refractivity contribution in [3.8, 4) is 0 Å². The van der Waals surface area contributed by atoms with Crippen LogP contribution in [0.1, 0.15) is 6.42 Å². The Bertz CT molecular complexity index is 199. The van der Waals surface area contributed by atoms with Gasteiger partial charge < -0.3 is 0 Å². The van der Waals surface area contributed by atoms with Crippen molar-refractivity contribution in [3.63, 3.8) is 0 Å². The summed E-state index contributed by atoms with van der Waals surface area (Å²) < 4.78 is 0. The van der Waals surface area contributed by atoms with Gasteiger partial charge in [0.25, 0.3) is 0 Å². The second-order valence-electron chi connectivity index (χ2n) is 2.15. The fraction of sp³-hybridized carbons (Fsp3) is 0.429. The summed E-state index contributed by atoms with van der Waals surface area (Å²) in [6, 6.07) is 0. The first-order valence-electron chi connectivity index (χ1n) is 3.28. The summed E-state index contributed by atoms with van der Waals surface area (Å²) in [5, 5.41) is 0. The number of hydrogen-bond donors (Lipinski definition) is 0. The van der Waals surface area contributed by atoms with Crippen LogP contribution in [-0.2, 0) is 0 Å². The van der Waals surface area contributed by atoms with Gasteiger partial charge in [-0.3, -0.25) is 0 Å². The molecule has 0 unspecified atom stereocenters. The third kappa shape index (κ3) is 1.47. The summed E-state index contributed by atoms with van der Waals surface area (Å²) >= 11 is 4.77. The molecule has 0 radical (unpaired) electrons. The van der Waals surface area contributed by atoms with Gasteiger partial charge in [-0.2, -0.15) is 0 Å². The van der Waals surface area contributed by atoms with Gasteiger partial charge in [0.15, 0.2) is 0 Å². The molecule has 1 aromatic rings. The maximum atomic E-state index is 2.41. The summed E-state index contributed by atoms with van der Waals surface area (Å²) in [4.78, 5) is 7.96. The van der Waals surface area contributed by atoms with Crippen molar-refractivity contribution < 1.29 is 0 Å². The minimum atomic E-state index is 0.683. The Kier molecular flexibility index (Phi) is 2.50. The van der Waals surface area contributed by atoms with Gasteiger partial charge in [0, 0.05) is 0 Å². The molecule has 0 atom stereocenters. The zero-order chi connectivity index (χ0) is 6.81. The Balaban J connectivity index is 2.28. The molecule has 2 heterocycles. The van der Waals surface area contributed by atoms with E-state index >= 15 is 0 Å². The quantitative estimate of drug-likeness (QED) is 0.633. The standard InChI is InChI=1S/C7H8S2Se/c1-2-8-6-4-10-5-7(6)9-3-1/h4-5H,1-3H2. The SMILES string of the molecule is c1[se]cc2c1SCCCS2. The molecule has 0 aromatic carbocycles. The third-order valence-electron chi connectivity index (χ3n) is 1.40. The van der Waals surface area contributed by atoms with E-state index in [4.69, 9.17) is 0 Å². The first kappa shape index (κ1) is 7.35. The monoisotopic (exact) mass is 236 g/mol. The van der Waals surface area contributed by atoms with E-state index in [0.29, 0.717) is 14.5 Å². The molecule has 0 N–H and O–H groups in total. The van der Waals surface area contributed by atoms with E-state index in [1.165, 1.54) is 17.9 Å². The van der Waals surface area contributed by atoms with Gasteiger partial charge in [0.1, 0.15) is 0 Å². The fourth-order valence-corrected chi connectivity index (χ4v) is 5.96. The van der Waals surface area contributed by atoms with Gasteiger partial charge in [0.2, 0.25) is 0 Å². The Morgan fingerprint density at radius 3 is 2.30 bits per heavy atom. The van der Waals surface area contributed by atoms with Crippen molar-refractivity contribution >= 4 is 38.0 Å². The molecule has 0 fully saturated rings. The zero-order valence-electron chi connectivity index (χ0n) is 5.50. The second-order valence-corrected chi connectivity index (χ2v) is 5.98. The number of thioether (sulfide) groups is 2. The van der Waals surface area contributed by atoms with Crippen LogP contribution in [0.2, 0.25) is 0 Å². The first-order chi connectivity index (χ1) is 4.97. The summed E-state index contributed by atoms with van der Waals surface area (Å²) in [7, 11) is 0. The fourth-order valence-electron chi connectivity index (χ4n) is 0.907. The molecule has 54 valence electrons. The summed E-state index contributed by atoms with van der Waals surface area (Å²) in [6.45, 7) is 0. The third-order valence-corrected chi connectivity index (χ3v) is 6.04. The van der Waals surface area contributed by atoms with Crippen LogP contribution in [0, 0.1) is 0 Å². The van der Waals surface area contributed by atoms with Crippen molar-refractivity contribution in [1.29, 1.82) is 0 Å². The molecule has 1 aliphatic rings. The average molecular weight is 235 g/mol. The molecular weight excluding hydrogens is 227 g/mol. The van der Waals surface area contributed by atoms with Crippen LogP contribution in [0.25, 0.3) is 0 Å². The van der Waals surface area contributed by atoms with E-state index < -0.39 is 0 Å². The molecule has 0 nitrogen and oxygen atoms in total. The Morgan fingerprint density at radius 1 is 1.10 bits per heavy atom. The van der Waals surface area contributed by atoms with Gasteiger partial charge >= 0.3 is 75.6 Å². The molecule has 0 amide bonds. The van der Waals surface area contributed by atoms with E-state index in [2.05, 4.69) is 9.88 Å². The van der Waals surface area contributed by atoms with E-state index in [1.807, 2.05) is 23.5 Å². The normalized spacial score (nSPS) is 18.0. The molecule has 0 spiro atoms. The summed E-state index contributed by atoms with van der Waals surface area (Å²) in [5.74, 6) is 2.65. The molecule has 0 saturated carbocycles. The predicted octanol–water partition coefficient (Wildman–Crippen LogP) is 2.33. The molecule has 0 aliphatic carbocycles. The minimum absolute atomic E-state index is 0.683. The van der Waals surface area contributed by atoms with E-state index in [0.717, 1.165) is 0 Å². The van der Waals surface area contributed by atoms with Crippen LogP contribution in [-0.4, -0.2) is 26.0 Å². The second kappa shape index (κ2) is 3.40. The van der Waals surface area contributed by atoms with E-state index in [9.17, 15) is 0 Å². The maximum absolute atomic E-state index is 2.41. The van der Waals surface area contributed by atoms with Crippen molar-refractivity contribution in [3.05, 3.63) is 9.88 Å². The van der Waals surface area contributed by atoms with Crippen LogP contribution in [0.3, 0.4) is 0 Å². The molecule has 0 saturated heterocycles. The Morgan fingerprint density at radius 2 is 1.70 bits per heavy atom. The molecule has 1 aromatic heterocycles. The molecule has 0 bridgehead atoms. The van der Waals surface area contributed by atoms with Gasteiger partial charge in [-0.05, 0) is 0 Å². The van der Waals surface area contributed by atoms with Crippen LogP contribution in [0.15, 0.2) is 19.7 Å². The predicted molar refractivity (Wildman–Crippen MR) is 49.4 cm³/mol. The Labute approximate surface area is 75.5 Å². The molecule has 10 heavy (non-hydrogen) atoms. The van der Waals surface area contributed by atoms with Crippen LogP contribution in [0.4, 0.5) is 0 Å². The van der Waals surface area contributed by atoms with Crippen LogP contribution < -0.4 is 0 Å². The molecular formula is C7H8S2Se. The van der Waals surface area contributed by atoms with Crippen LogP contribution >= 0.6 is 23.5 Å². The summed E-state index contributed by atoms with van der Waals surface area (Å²) in [5.41, 5.74) is 0. The van der Waals surface area contributed by atoms with Crippen molar-refractivity contribution in [2.45, 2.75) is 16.2 Å². The zero-order valence-corrected chi connectivity index (χ0v) is 8.85. The van der Waals surface area contributed by atoms with Gasteiger partial charge in [-0.15, -0.1) is 0 Å². The molecule has 2 rings (SSSR count). The first-order valence-corrected chi connectivity index (χ1v) is 7.23. The van der Waals surface area contributed by atoms with Crippen molar-refractivity contribution in [2.75, 3.05) is 11.5 Å². The molecule has 1 aliphatic heterocycles. The number of fused-ring (bicyclic) bond motifs is 1. The average Bonchev–Trinajstić information content (AvgIpc) is 2.28. The van der Waals surface area contributed by atoms with Crippen LogP contribution in [0.5, 0.6) is 0 Å². The molecule has 3 heteroatoms. The van der Waals surface area contributed by atoms with Gasteiger partial charge in [0.05, 0.1) is 0 Å². The Hall–Kier alpha value is 0.699. The van der Waals surface area contributed by atoms with Gasteiger partial charge in [-0.1, -0.05) is 0 Å². The van der Waals surface area contributed by atoms with Gasteiger partial charge in [-0.25, -0.2) is 0 Å². The van der Waals surface area contributed by atoms with E-state index in [1.54, 1.807) is 9.79 Å². The number of hydrogen-bond acceptors (Lipinski definition) is 2. The van der Waals surface area contributed by atoms with E-state index in [-0.39, 0.29) is 0 Å². The van der Waals surface area contributed by atoms with Crippen molar-refractivity contribution in [1.82, 2.24) is 0 Å². The summed E-state index contributed by atoms with van der Waals surface area (Å²) in [6.07, 6.45) is 1.37. The van der Waals surface area contributed by atoms with Crippen molar-refractivity contribution in [2.24, 2.45) is 0 Å². The topological polar surface area (TPSA) is 0 Å². The number of rotatable bonds is 0.